The maximum absolute atomic E-state index is 5.84. The molecule has 21 heavy (non-hydrogen) atoms. The van der Waals surface area contributed by atoms with Gasteiger partial charge in [-0.1, -0.05) is 17.7 Å². The Labute approximate surface area is 124 Å². The fourth-order valence-electron chi connectivity index (χ4n) is 2.45. The van der Waals surface area contributed by atoms with Crippen LogP contribution in [0.25, 0.3) is 10.9 Å². The van der Waals surface area contributed by atoms with Gasteiger partial charge in [0.05, 0.1) is 5.52 Å². The highest BCUT2D eigenvalue weighted by atomic mass is 15.2. The number of hydrogen-bond donors (Lipinski definition) is 1. The zero-order chi connectivity index (χ0) is 14.8. The molecule has 3 aromatic rings. The number of fused-ring (bicyclic) bond motifs is 1. The van der Waals surface area contributed by atoms with Crippen molar-refractivity contribution in [3.8, 4) is 0 Å². The Kier molecular flexibility index (Phi) is 3.44. The summed E-state index contributed by atoms with van der Waals surface area (Å²) in [4.78, 5) is 11.0. The van der Waals surface area contributed by atoms with E-state index in [1.165, 1.54) is 5.56 Å². The molecular formula is C17H18N4. The lowest BCUT2D eigenvalue weighted by Crippen LogP contribution is -2.17. The zero-order valence-corrected chi connectivity index (χ0v) is 12.2. The van der Waals surface area contributed by atoms with Gasteiger partial charge in [-0.15, -0.1) is 0 Å². The van der Waals surface area contributed by atoms with E-state index in [0.717, 1.165) is 29.0 Å². The van der Waals surface area contributed by atoms with Crippen molar-refractivity contribution in [3.05, 3.63) is 54.4 Å². The quantitative estimate of drug-likeness (QED) is 0.742. The first-order valence-corrected chi connectivity index (χ1v) is 7.03. The minimum absolute atomic E-state index is 0.713. The van der Waals surface area contributed by atoms with Gasteiger partial charge in [0.25, 0.3) is 0 Å². The number of nitrogens with zero attached hydrogens (tertiary/aromatic N) is 3. The number of hydrogen-bond acceptors (Lipinski definition) is 4. The van der Waals surface area contributed by atoms with Crippen LogP contribution < -0.4 is 10.6 Å². The molecule has 106 valence electrons. The molecule has 3 rings (SSSR count). The summed E-state index contributed by atoms with van der Waals surface area (Å²) in [7, 11) is 0. The Morgan fingerprint density at radius 2 is 1.81 bits per heavy atom. The highest BCUT2D eigenvalue weighted by molar-refractivity contribution is 5.92. The molecule has 0 aliphatic rings. The van der Waals surface area contributed by atoms with E-state index < -0.39 is 0 Å². The second-order valence-corrected chi connectivity index (χ2v) is 5.05. The molecule has 0 saturated carbocycles. The van der Waals surface area contributed by atoms with Gasteiger partial charge in [0, 0.05) is 23.3 Å². The normalized spacial score (nSPS) is 10.8. The smallest absolute Gasteiger partial charge is 0.144 e. The lowest BCUT2D eigenvalue weighted by Gasteiger charge is -2.23. The molecule has 0 atom stereocenters. The summed E-state index contributed by atoms with van der Waals surface area (Å²) in [5.74, 6) is 0.909. The SMILES string of the molecule is CCN(c1ccc(C)cc1)c1ncnc2cc(N)ccc12. The number of aryl methyl sites for hydroxylation is 1. The summed E-state index contributed by atoms with van der Waals surface area (Å²) in [5.41, 5.74) is 9.79. The van der Waals surface area contributed by atoms with E-state index in [2.05, 4.69) is 53.0 Å². The van der Waals surface area contributed by atoms with Crippen molar-refractivity contribution in [3.63, 3.8) is 0 Å². The summed E-state index contributed by atoms with van der Waals surface area (Å²) in [6, 6.07) is 14.2. The number of aromatic nitrogens is 2. The highest BCUT2D eigenvalue weighted by Crippen LogP contribution is 2.30. The average Bonchev–Trinajstić information content (AvgIpc) is 2.49. The van der Waals surface area contributed by atoms with Crippen LogP contribution in [-0.4, -0.2) is 16.5 Å². The van der Waals surface area contributed by atoms with Crippen LogP contribution >= 0.6 is 0 Å². The van der Waals surface area contributed by atoms with Gasteiger partial charge in [-0.2, -0.15) is 0 Å². The number of nitrogen functional groups attached to an aromatic ring is 1. The second kappa shape index (κ2) is 5.40. The van der Waals surface area contributed by atoms with Crippen LogP contribution in [0.5, 0.6) is 0 Å². The maximum Gasteiger partial charge on any atom is 0.144 e. The monoisotopic (exact) mass is 278 g/mol. The fourth-order valence-corrected chi connectivity index (χ4v) is 2.45. The standard InChI is InChI=1S/C17H18N4/c1-3-21(14-7-4-12(2)5-8-14)17-15-9-6-13(18)10-16(15)19-11-20-17/h4-11H,3,18H2,1-2H3. The van der Waals surface area contributed by atoms with Gasteiger partial charge in [0.1, 0.15) is 12.1 Å². The summed E-state index contributed by atoms with van der Waals surface area (Å²) in [6.07, 6.45) is 1.59. The van der Waals surface area contributed by atoms with Crippen LogP contribution in [0.2, 0.25) is 0 Å². The molecule has 4 nitrogen and oxygen atoms in total. The van der Waals surface area contributed by atoms with Gasteiger partial charge in [-0.05, 0) is 44.2 Å². The van der Waals surface area contributed by atoms with Crippen LogP contribution in [0, 0.1) is 6.92 Å². The van der Waals surface area contributed by atoms with Crippen LogP contribution in [0.15, 0.2) is 48.8 Å². The third-order valence-electron chi connectivity index (χ3n) is 3.56. The first-order valence-electron chi connectivity index (χ1n) is 7.03. The van der Waals surface area contributed by atoms with Gasteiger partial charge in [-0.25, -0.2) is 9.97 Å². The predicted octanol–water partition coefficient (Wildman–Crippen LogP) is 3.68. The molecule has 2 aromatic carbocycles. The van der Waals surface area contributed by atoms with Gasteiger partial charge in [0.2, 0.25) is 0 Å². The molecule has 1 aromatic heterocycles. The van der Waals surface area contributed by atoms with Crippen molar-refractivity contribution in [1.29, 1.82) is 0 Å². The maximum atomic E-state index is 5.84. The molecule has 0 aliphatic heterocycles. The summed E-state index contributed by atoms with van der Waals surface area (Å²) < 4.78 is 0. The van der Waals surface area contributed by atoms with Crippen molar-refractivity contribution in [2.45, 2.75) is 13.8 Å². The largest absolute Gasteiger partial charge is 0.399 e. The fraction of sp³-hybridized carbons (Fsp3) is 0.176. The summed E-state index contributed by atoms with van der Waals surface area (Å²) in [5, 5.41) is 1.01. The van der Waals surface area contributed by atoms with Gasteiger partial charge in [0.15, 0.2) is 0 Å². The van der Waals surface area contributed by atoms with E-state index in [4.69, 9.17) is 5.73 Å². The van der Waals surface area contributed by atoms with E-state index in [1.54, 1.807) is 6.33 Å². The Balaban J connectivity index is 2.15. The Hall–Kier alpha value is -2.62. The number of rotatable bonds is 3. The Bertz CT molecular complexity index is 765. The first-order chi connectivity index (χ1) is 10.2. The molecule has 2 N–H and O–H groups in total. The van der Waals surface area contributed by atoms with Crippen LogP contribution in [0.3, 0.4) is 0 Å². The van der Waals surface area contributed by atoms with Crippen molar-refractivity contribution in [2.75, 3.05) is 17.2 Å². The molecular weight excluding hydrogens is 260 g/mol. The zero-order valence-electron chi connectivity index (χ0n) is 12.2. The number of nitrogens with two attached hydrogens (primary N) is 1. The average molecular weight is 278 g/mol. The van der Waals surface area contributed by atoms with Gasteiger partial charge in [-0.3, -0.25) is 0 Å². The third-order valence-corrected chi connectivity index (χ3v) is 3.56. The molecule has 0 spiro atoms. The highest BCUT2D eigenvalue weighted by Gasteiger charge is 2.12. The van der Waals surface area contributed by atoms with Crippen LogP contribution in [0.1, 0.15) is 12.5 Å². The van der Waals surface area contributed by atoms with Crippen molar-refractivity contribution >= 4 is 28.1 Å². The Morgan fingerprint density at radius 3 is 2.52 bits per heavy atom. The minimum atomic E-state index is 0.713. The van der Waals surface area contributed by atoms with Crippen molar-refractivity contribution < 1.29 is 0 Å². The lowest BCUT2D eigenvalue weighted by molar-refractivity contribution is 0.989. The second-order valence-electron chi connectivity index (χ2n) is 5.05. The molecule has 0 unspecified atom stereocenters. The van der Waals surface area contributed by atoms with Gasteiger partial charge < -0.3 is 10.6 Å². The van der Waals surface area contributed by atoms with Crippen LogP contribution in [0.4, 0.5) is 17.2 Å². The molecule has 0 radical (unpaired) electrons. The Morgan fingerprint density at radius 1 is 1.05 bits per heavy atom. The number of anilines is 3. The molecule has 0 bridgehead atoms. The van der Waals surface area contributed by atoms with Crippen molar-refractivity contribution in [1.82, 2.24) is 9.97 Å². The molecule has 1 heterocycles. The van der Waals surface area contributed by atoms with Crippen molar-refractivity contribution in [2.24, 2.45) is 0 Å². The number of benzene rings is 2. The molecule has 4 heteroatoms. The lowest BCUT2D eigenvalue weighted by atomic mass is 10.1. The van der Waals surface area contributed by atoms with Gasteiger partial charge >= 0.3 is 0 Å². The third kappa shape index (κ3) is 2.52. The molecule has 0 saturated heterocycles. The van der Waals surface area contributed by atoms with E-state index in [1.807, 2.05) is 18.2 Å². The summed E-state index contributed by atoms with van der Waals surface area (Å²) in [6.45, 7) is 5.04. The van der Waals surface area contributed by atoms with E-state index in [-0.39, 0.29) is 0 Å². The first kappa shape index (κ1) is 13.4. The predicted molar refractivity (Wildman–Crippen MR) is 87.8 cm³/mol. The summed E-state index contributed by atoms with van der Waals surface area (Å²) >= 11 is 0. The minimum Gasteiger partial charge on any atom is -0.399 e. The molecule has 0 fully saturated rings. The van der Waals surface area contributed by atoms with Crippen LogP contribution in [-0.2, 0) is 0 Å². The van der Waals surface area contributed by atoms with E-state index in [9.17, 15) is 0 Å². The molecule has 0 aliphatic carbocycles. The molecule has 0 amide bonds. The topological polar surface area (TPSA) is 55.0 Å². The van der Waals surface area contributed by atoms with E-state index in [0.29, 0.717) is 5.69 Å². The van der Waals surface area contributed by atoms with E-state index >= 15 is 0 Å².